The van der Waals surface area contributed by atoms with Gasteiger partial charge in [0.05, 0.1) is 24.6 Å². The molecule has 6 nitrogen and oxygen atoms in total. The van der Waals surface area contributed by atoms with Crippen molar-refractivity contribution in [2.75, 3.05) is 20.3 Å². The predicted molar refractivity (Wildman–Crippen MR) is 89.2 cm³/mol. The Morgan fingerprint density at radius 1 is 1.52 bits per heavy atom. The van der Waals surface area contributed by atoms with E-state index in [0.29, 0.717) is 12.5 Å². The molecule has 0 aromatic carbocycles. The number of hydrogen-bond donors (Lipinski definition) is 1. The van der Waals surface area contributed by atoms with Crippen LogP contribution in [0.4, 0.5) is 0 Å². The number of hydrogen-bond acceptors (Lipinski definition) is 6. The number of aromatic nitrogens is 3. The molecule has 0 amide bonds. The highest BCUT2D eigenvalue weighted by Gasteiger charge is 2.30. The Balaban J connectivity index is 1.50. The van der Waals surface area contributed by atoms with Crippen molar-refractivity contribution in [3.05, 3.63) is 34.0 Å². The molecule has 1 N–H and O–H groups in total. The van der Waals surface area contributed by atoms with Crippen molar-refractivity contribution in [3.63, 3.8) is 0 Å². The Hall–Kier alpha value is -1.28. The maximum atomic E-state index is 5.92. The van der Waals surface area contributed by atoms with Crippen molar-refractivity contribution < 1.29 is 9.47 Å². The van der Waals surface area contributed by atoms with Gasteiger partial charge in [-0.1, -0.05) is 0 Å². The largest absolute Gasteiger partial charge is 0.378 e. The summed E-state index contributed by atoms with van der Waals surface area (Å²) in [5, 5.41) is 11.0. The molecule has 3 heterocycles. The summed E-state index contributed by atoms with van der Waals surface area (Å²) >= 11 is 1.65. The quantitative estimate of drug-likeness (QED) is 0.802. The first-order valence-corrected chi connectivity index (χ1v) is 8.95. The Bertz CT molecular complexity index is 613. The van der Waals surface area contributed by atoms with Crippen LogP contribution in [0.1, 0.15) is 35.7 Å². The van der Waals surface area contributed by atoms with E-state index in [1.807, 2.05) is 10.9 Å². The SMILES string of the molecule is CCn1cc([C@H]2OCC[C@@H]2CNCc2csc(COC)n2)cn1. The second kappa shape index (κ2) is 8.01. The van der Waals surface area contributed by atoms with E-state index in [9.17, 15) is 0 Å². The molecular formula is C16H24N4O2S. The van der Waals surface area contributed by atoms with Crippen LogP contribution >= 0.6 is 11.3 Å². The van der Waals surface area contributed by atoms with Crippen LogP contribution in [-0.4, -0.2) is 35.0 Å². The Morgan fingerprint density at radius 3 is 3.22 bits per heavy atom. The normalized spacial score (nSPS) is 21.1. The summed E-state index contributed by atoms with van der Waals surface area (Å²) in [5.41, 5.74) is 2.27. The van der Waals surface area contributed by atoms with Crippen molar-refractivity contribution in [1.82, 2.24) is 20.1 Å². The van der Waals surface area contributed by atoms with Crippen LogP contribution in [0.2, 0.25) is 0 Å². The lowest BCUT2D eigenvalue weighted by molar-refractivity contribution is 0.0903. The number of thiazole rings is 1. The van der Waals surface area contributed by atoms with Gasteiger partial charge in [0.25, 0.3) is 0 Å². The van der Waals surface area contributed by atoms with Crippen molar-refractivity contribution >= 4 is 11.3 Å². The molecule has 0 saturated carbocycles. The highest BCUT2D eigenvalue weighted by atomic mass is 32.1. The molecule has 3 rings (SSSR count). The van der Waals surface area contributed by atoms with Crippen LogP contribution in [-0.2, 0) is 29.2 Å². The van der Waals surface area contributed by atoms with Crippen molar-refractivity contribution in [3.8, 4) is 0 Å². The molecule has 7 heteroatoms. The first-order valence-electron chi connectivity index (χ1n) is 8.07. The number of nitrogens with one attached hydrogen (secondary N) is 1. The van der Waals surface area contributed by atoms with Gasteiger partial charge in [0.2, 0.25) is 0 Å². The van der Waals surface area contributed by atoms with E-state index in [-0.39, 0.29) is 6.10 Å². The van der Waals surface area contributed by atoms with Gasteiger partial charge in [0, 0.05) is 56.4 Å². The molecule has 1 fully saturated rings. The van der Waals surface area contributed by atoms with Gasteiger partial charge in [0.1, 0.15) is 5.01 Å². The summed E-state index contributed by atoms with van der Waals surface area (Å²) in [5.74, 6) is 0.488. The third kappa shape index (κ3) is 4.17. The highest BCUT2D eigenvalue weighted by Crippen LogP contribution is 2.33. The molecule has 2 aromatic heterocycles. The molecule has 2 aromatic rings. The van der Waals surface area contributed by atoms with Crippen molar-refractivity contribution in [2.24, 2.45) is 5.92 Å². The van der Waals surface area contributed by atoms with Gasteiger partial charge in [-0.3, -0.25) is 4.68 Å². The van der Waals surface area contributed by atoms with E-state index in [1.54, 1.807) is 18.4 Å². The minimum Gasteiger partial charge on any atom is -0.378 e. The molecule has 1 aliphatic heterocycles. The van der Waals surface area contributed by atoms with E-state index >= 15 is 0 Å². The third-order valence-corrected chi connectivity index (χ3v) is 4.97. The maximum Gasteiger partial charge on any atom is 0.119 e. The predicted octanol–water partition coefficient (Wildman–Crippen LogP) is 2.37. The first-order chi connectivity index (χ1) is 11.3. The van der Waals surface area contributed by atoms with Gasteiger partial charge in [-0.2, -0.15) is 5.10 Å². The topological polar surface area (TPSA) is 61.2 Å². The monoisotopic (exact) mass is 336 g/mol. The number of rotatable bonds is 8. The van der Waals surface area contributed by atoms with E-state index in [4.69, 9.17) is 9.47 Å². The number of methoxy groups -OCH3 is 1. The van der Waals surface area contributed by atoms with E-state index in [1.165, 1.54) is 5.56 Å². The zero-order valence-electron chi connectivity index (χ0n) is 13.7. The molecule has 126 valence electrons. The van der Waals surface area contributed by atoms with Gasteiger partial charge >= 0.3 is 0 Å². The van der Waals surface area contributed by atoms with Crippen LogP contribution in [0.3, 0.4) is 0 Å². The summed E-state index contributed by atoms with van der Waals surface area (Å²) in [6.45, 7) is 6.12. The average molecular weight is 336 g/mol. The second-order valence-electron chi connectivity index (χ2n) is 5.77. The molecular weight excluding hydrogens is 312 g/mol. The maximum absolute atomic E-state index is 5.92. The standard InChI is InChI=1S/C16H24N4O2S/c1-3-20-9-13(7-18-20)16-12(4-5-22-16)6-17-8-14-11-23-15(19-14)10-21-2/h7,9,11-12,16-17H,3-6,8,10H2,1-2H3/t12-,16+/m1/s1. The number of aryl methyl sites for hydroxylation is 1. The second-order valence-corrected chi connectivity index (χ2v) is 6.71. The highest BCUT2D eigenvalue weighted by molar-refractivity contribution is 7.09. The van der Waals surface area contributed by atoms with Gasteiger partial charge in [-0.05, 0) is 13.3 Å². The molecule has 0 bridgehead atoms. The van der Waals surface area contributed by atoms with E-state index < -0.39 is 0 Å². The molecule has 0 spiro atoms. The fourth-order valence-electron chi connectivity index (χ4n) is 2.92. The van der Waals surface area contributed by atoms with E-state index in [0.717, 1.165) is 43.4 Å². The summed E-state index contributed by atoms with van der Waals surface area (Å²) in [6, 6.07) is 0. The smallest absolute Gasteiger partial charge is 0.119 e. The molecule has 23 heavy (non-hydrogen) atoms. The Kier molecular flexibility index (Phi) is 5.77. The van der Waals surface area contributed by atoms with E-state index in [2.05, 4.69) is 33.9 Å². The lowest BCUT2D eigenvalue weighted by Gasteiger charge is -2.17. The fraction of sp³-hybridized carbons (Fsp3) is 0.625. The third-order valence-electron chi connectivity index (χ3n) is 4.10. The minimum atomic E-state index is 0.155. The lowest BCUT2D eigenvalue weighted by atomic mass is 9.97. The molecule has 0 aliphatic carbocycles. The summed E-state index contributed by atoms with van der Waals surface area (Å²) in [6.07, 6.45) is 5.27. The van der Waals surface area contributed by atoms with Crippen LogP contribution in [0.15, 0.2) is 17.8 Å². The van der Waals surface area contributed by atoms with Gasteiger partial charge in [-0.25, -0.2) is 4.98 Å². The summed E-state index contributed by atoms with van der Waals surface area (Å²) in [7, 11) is 1.69. The molecule has 1 saturated heterocycles. The van der Waals surface area contributed by atoms with Crippen LogP contribution in [0, 0.1) is 5.92 Å². The molecule has 0 unspecified atom stereocenters. The molecule has 1 aliphatic rings. The van der Waals surface area contributed by atoms with Crippen LogP contribution < -0.4 is 5.32 Å². The zero-order chi connectivity index (χ0) is 16.1. The first kappa shape index (κ1) is 16.6. The number of nitrogens with zero attached hydrogens (tertiary/aromatic N) is 3. The zero-order valence-corrected chi connectivity index (χ0v) is 14.5. The lowest BCUT2D eigenvalue weighted by Crippen LogP contribution is -2.24. The van der Waals surface area contributed by atoms with Crippen molar-refractivity contribution in [2.45, 2.75) is 39.1 Å². The average Bonchev–Trinajstić information content (AvgIpc) is 3.27. The Labute approximate surface area is 140 Å². The fourth-order valence-corrected chi connectivity index (χ4v) is 3.68. The number of ether oxygens (including phenoxy) is 2. The minimum absolute atomic E-state index is 0.155. The Morgan fingerprint density at radius 2 is 2.43 bits per heavy atom. The molecule has 0 radical (unpaired) electrons. The van der Waals surface area contributed by atoms with Gasteiger partial charge in [-0.15, -0.1) is 11.3 Å². The van der Waals surface area contributed by atoms with Crippen LogP contribution in [0.5, 0.6) is 0 Å². The van der Waals surface area contributed by atoms with Crippen LogP contribution in [0.25, 0.3) is 0 Å². The summed E-state index contributed by atoms with van der Waals surface area (Å²) in [4.78, 5) is 4.54. The summed E-state index contributed by atoms with van der Waals surface area (Å²) < 4.78 is 13.0. The van der Waals surface area contributed by atoms with Crippen molar-refractivity contribution in [1.29, 1.82) is 0 Å². The molecule has 2 atom stereocenters. The van der Waals surface area contributed by atoms with Gasteiger partial charge < -0.3 is 14.8 Å². The van der Waals surface area contributed by atoms with Gasteiger partial charge in [0.15, 0.2) is 0 Å².